The first-order chi connectivity index (χ1) is 6.74. The maximum absolute atomic E-state index is 10.8. The van der Waals surface area contributed by atoms with Crippen molar-refractivity contribution in [3.05, 3.63) is 40.7 Å². The van der Waals surface area contributed by atoms with Crippen molar-refractivity contribution >= 4 is 28.9 Å². The number of nitrogens with one attached hydrogen (secondary N) is 2. The molecule has 0 radical (unpaired) electrons. The van der Waals surface area contributed by atoms with Crippen LogP contribution in [0.15, 0.2) is 30.1 Å². The van der Waals surface area contributed by atoms with E-state index in [4.69, 9.17) is 11.6 Å². The summed E-state index contributed by atoms with van der Waals surface area (Å²) in [5.74, 6) is 0.561. The van der Waals surface area contributed by atoms with Crippen molar-refractivity contribution in [3.8, 4) is 0 Å². The zero-order chi connectivity index (χ0) is 9.97. The van der Waals surface area contributed by atoms with E-state index in [1.54, 1.807) is 18.2 Å². The van der Waals surface area contributed by atoms with E-state index in [2.05, 4.69) is 14.5 Å². The summed E-state index contributed by atoms with van der Waals surface area (Å²) in [5.41, 5.74) is 3.42. The van der Waals surface area contributed by atoms with Gasteiger partial charge >= 0.3 is 0 Å². The highest BCUT2D eigenvalue weighted by Gasteiger charge is 2.12. The third-order valence-corrected chi connectivity index (χ3v) is 2.47. The number of hydroxylamine groups is 1. The Hall–Kier alpha value is -1.04. The largest absolute Gasteiger partial charge is 0.285 e. The third kappa shape index (κ3) is 2.25. The van der Waals surface area contributed by atoms with Gasteiger partial charge in [-0.25, -0.2) is 9.69 Å². The SMILES string of the molecule is O=S1N/C(=C/c2ccc(Cl)cc2)NO1. The van der Waals surface area contributed by atoms with Crippen LogP contribution in [0.3, 0.4) is 0 Å². The molecule has 14 heavy (non-hydrogen) atoms. The molecule has 6 heteroatoms. The van der Waals surface area contributed by atoms with Gasteiger partial charge in [-0.3, -0.25) is 4.72 Å². The molecule has 1 heterocycles. The minimum absolute atomic E-state index is 0.561. The van der Waals surface area contributed by atoms with Crippen LogP contribution < -0.4 is 10.2 Å². The molecular weight excluding hydrogens is 224 g/mol. The van der Waals surface area contributed by atoms with E-state index in [9.17, 15) is 4.21 Å². The lowest BCUT2D eigenvalue weighted by Gasteiger charge is -1.96. The first-order valence-electron chi connectivity index (χ1n) is 3.83. The van der Waals surface area contributed by atoms with Crippen molar-refractivity contribution < 1.29 is 8.49 Å². The number of benzene rings is 1. The highest BCUT2D eigenvalue weighted by Crippen LogP contribution is 2.12. The van der Waals surface area contributed by atoms with E-state index >= 15 is 0 Å². The van der Waals surface area contributed by atoms with Crippen molar-refractivity contribution in [2.24, 2.45) is 0 Å². The molecule has 1 aromatic carbocycles. The molecule has 1 aromatic rings. The molecular formula is C8H7ClN2O2S. The van der Waals surface area contributed by atoms with Crippen LogP contribution in [0, 0.1) is 0 Å². The van der Waals surface area contributed by atoms with Crippen LogP contribution in [0.1, 0.15) is 5.56 Å². The Morgan fingerprint density at radius 1 is 1.36 bits per heavy atom. The predicted octanol–water partition coefficient (Wildman–Crippen LogP) is 1.34. The van der Waals surface area contributed by atoms with Crippen molar-refractivity contribution in [1.29, 1.82) is 0 Å². The van der Waals surface area contributed by atoms with Gasteiger partial charge in [-0.2, -0.15) is 4.28 Å². The Morgan fingerprint density at radius 3 is 2.64 bits per heavy atom. The monoisotopic (exact) mass is 230 g/mol. The molecule has 1 aliphatic rings. The van der Waals surface area contributed by atoms with Gasteiger partial charge in [0.25, 0.3) is 11.3 Å². The lowest BCUT2D eigenvalue weighted by atomic mass is 10.2. The smallest absolute Gasteiger partial charge is 0.265 e. The van der Waals surface area contributed by atoms with Crippen LogP contribution in [0.5, 0.6) is 0 Å². The second kappa shape index (κ2) is 4.00. The topological polar surface area (TPSA) is 50.4 Å². The Bertz CT molecular complexity index is 391. The summed E-state index contributed by atoms with van der Waals surface area (Å²) in [6, 6.07) is 7.25. The average Bonchev–Trinajstić information content (AvgIpc) is 2.56. The van der Waals surface area contributed by atoms with Crippen LogP contribution in [0.4, 0.5) is 0 Å². The Labute approximate surface area is 88.7 Å². The molecule has 1 unspecified atom stereocenters. The molecule has 1 atom stereocenters. The first kappa shape index (κ1) is 9.51. The summed E-state index contributed by atoms with van der Waals surface area (Å²) >= 11 is 4.24. The Morgan fingerprint density at radius 2 is 2.07 bits per heavy atom. The van der Waals surface area contributed by atoms with E-state index in [0.29, 0.717) is 10.8 Å². The van der Waals surface area contributed by atoms with Crippen LogP contribution in [-0.4, -0.2) is 4.21 Å². The summed E-state index contributed by atoms with van der Waals surface area (Å²) < 4.78 is 17.9. The molecule has 0 aromatic heterocycles. The number of hydrogen-bond donors (Lipinski definition) is 2. The molecule has 1 aliphatic heterocycles. The van der Waals surface area contributed by atoms with E-state index in [-0.39, 0.29) is 0 Å². The van der Waals surface area contributed by atoms with E-state index in [1.165, 1.54) is 0 Å². The summed E-state index contributed by atoms with van der Waals surface area (Å²) in [6.07, 6.45) is 1.77. The number of halogens is 1. The summed E-state index contributed by atoms with van der Waals surface area (Å²) in [7, 11) is 0. The third-order valence-electron chi connectivity index (χ3n) is 1.60. The quantitative estimate of drug-likeness (QED) is 0.766. The Balaban J connectivity index is 2.17. The lowest BCUT2D eigenvalue weighted by molar-refractivity contribution is 0.282. The van der Waals surface area contributed by atoms with Crippen LogP contribution >= 0.6 is 11.6 Å². The zero-order valence-corrected chi connectivity index (χ0v) is 8.56. The van der Waals surface area contributed by atoms with Crippen LogP contribution in [-0.2, 0) is 15.6 Å². The lowest BCUT2D eigenvalue weighted by Crippen LogP contribution is -2.09. The van der Waals surface area contributed by atoms with Crippen molar-refractivity contribution in [1.82, 2.24) is 10.2 Å². The molecule has 1 fully saturated rings. The minimum Gasteiger partial charge on any atom is -0.265 e. The fourth-order valence-corrected chi connectivity index (χ4v) is 1.61. The highest BCUT2D eigenvalue weighted by molar-refractivity contribution is 7.78. The summed E-state index contributed by atoms with van der Waals surface area (Å²) in [4.78, 5) is 0. The van der Waals surface area contributed by atoms with Gasteiger partial charge in [-0.1, -0.05) is 23.7 Å². The first-order valence-corrected chi connectivity index (χ1v) is 5.28. The van der Waals surface area contributed by atoms with E-state index < -0.39 is 11.3 Å². The van der Waals surface area contributed by atoms with Gasteiger partial charge in [0.2, 0.25) is 0 Å². The average molecular weight is 231 g/mol. The fraction of sp³-hybridized carbons (Fsp3) is 0. The molecule has 1 saturated heterocycles. The molecule has 0 spiro atoms. The standard InChI is InChI=1S/C8H7ClN2O2S/c9-7-3-1-6(2-4-7)5-8-10-13-14(12)11-8/h1-5,10-11H/b8-5+. The van der Waals surface area contributed by atoms with Gasteiger partial charge in [0, 0.05) is 5.02 Å². The molecule has 0 aliphatic carbocycles. The summed E-state index contributed by atoms with van der Waals surface area (Å²) in [5, 5.41) is 0.680. The maximum atomic E-state index is 10.8. The molecule has 74 valence electrons. The van der Waals surface area contributed by atoms with Gasteiger partial charge < -0.3 is 0 Å². The van der Waals surface area contributed by atoms with Crippen molar-refractivity contribution in [3.63, 3.8) is 0 Å². The van der Waals surface area contributed by atoms with Gasteiger partial charge in [-0.05, 0) is 23.8 Å². The summed E-state index contributed by atoms with van der Waals surface area (Å²) in [6.45, 7) is 0. The molecule has 4 nitrogen and oxygen atoms in total. The van der Waals surface area contributed by atoms with Crippen LogP contribution in [0.25, 0.3) is 6.08 Å². The molecule has 0 bridgehead atoms. The van der Waals surface area contributed by atoms with Gasteiger partial charge in [0.05, 0.1) is 0 Å². The van der Waals surface area contributed by atoms with Gasteiger partial charge in [-0.15, -0.1) is 0 Å². The Kier molecular flexibility index (Phi) is 2.72. The second-order valence-electron chi connectivity index (χ2n) is 2.63. The molecule has 2 N–H and O–H groups in total. The normalized spacial score (nSPS) is 23.2. The van der Waals surface area contributed by atoms with Crippen molar-refractivity contribution in [2.45, 2.75) is 0 Å². The van der Waals surface area contributed by atoms with Gasteiger partial charge in [0.1, 0.15) is 5.82 Å². The second-order valence-corrected chi connectivity index (χ2v) is 3.91. The maximum Gasteiger partial charge on any atom is 0.285 e. The minimum atomic E-state index is -1.49. The molecule has 0 amide bonds. The predicted molar refractivity (Wildman–Crippen MR) is 54.9 cm³/mol. The van der Waals surface area contributed by atoms with Crippen LogP contribution in [0.2, 0.25) is 5.02 Å². The molecule has 0 saturated carbocycles. The fourth-order valence-electron chi connectivity index (χ4n) is 0.999. The molecule has 2 rings (SSSR count). The van der Waals surface area contributed by atoms with E-state index in [0.717, 1.165) is 5.56 Å². The number of hydrogen-bond acceptors (Lipinski definition) is 3. The zero-order valence-electron chi connectivity index (χ0n) is 6.99. The number of rotatable bonds is 1. The highest BCUT2D eigenvalue weighted by atomic mass is 35.5. The van der Waals surface area contributed by atoms with Gasteiger partial charge in [0.15, 0.2) is 0 Å². The van der Waals surface area contributed by atoms with E-state index in [1.807, 2.05) is 12.1 Å². The van der Waals surface area contributed by atoms with Crippen molar-refractivity contribution in [2.75, 3.05) is 0 Å².